The predicted octanol–water partition coefficient (Wildman–Crippen LogP) is 9.32. The van der Waals surface area contributed by atoms with Crippen molar-refractivity contribution in [3.63, 3.8) is 0 Å². The van der Waals surface area contributed by atoms with Crippen molar-refractivity contribution in [3.05, 3.63) is 82.8 Å². The summed E-state index contributed by atoms with van der Waals surface area (Å²) in [5.74, 6) is 0. The van der Waals surface area contributed by atoms with E-state index in [0.29, 0.717) is 0 Å². The quantitative estimate of drug-likeness (QED) is 0.266. The minimum atomic E-state index is 1.17. The molecule has 0 atom stereocenters. The van der Waals surface area contributed by atoms with Crippen LogP contribution < -0.4 is 0 Å². The minimum Gasteiger partial charge on any atom is -0.140 e. The molecular weight excluding hydrogens is 400 g/mol. The predicted molar refractivity (Wildman–Crippen MR) is 137 cm³/mol. The van der Waals surface area contributed by atoms with Gasteiger partial charge in [0.1, 0.15) is 0 Å². The van der Waals surface area contributed by atoms with Crippen molar-refractivity contribution in [1.82, 2.24) is 0 Å². The lowest BCUT2D eigenvalue weighted by Gasteiger charge is -2.07. The number of allylic oxidation sites excluding steroid dienone is 3. The molecule has 2 heteroatoms. The molecule has 2 aromatic heterocycles. The molecular formula is C28H22S2. The average Bonchev–Trinajstić information content (AvgIpc) is 3.35. The Hall–Kier alpha value is -2.68. The normalized spacial score (nSPS) is 14.1. The van der Waals surface area contributed by atoms with Crippen LogP contribution in [0, 0.1) is 0 Å². The maximum Gasteiger partial charge on any atom is 0.0362 e. The number of rotatable bonds is 2. The van der Waals surface area contributed by atoms with Gasteiger partial charge in [-0.3, -0.25) is 0 Å². The Morgan fingerprint density at radius 1 is 0.867 bits per heavy atom. The van der Waals surface area contributed by atoms with E-state index in [1.807, 2.05) is 22.7 Å². The molecule has 0 nitrogen and oxygen atoms in total. The first-order chi connectivity index (χ1) is 14.7. The zero-order chi connectivity index (χ0) is 20.2. The minimum absolute atomic E-state index is 1.17. The van der Waals surface area contributed by atoms with Gasteiger partial charge in [0.15, 0.2) is 0 Å². The molecule has 2 heterocycles. The van der Waals surface area contributed by atoms with Crippen LogP contribution in [-0.4, -0.2) is 0 Å². The first-order valence-corrected chi connectivity index (χ1v) is 12.2. The first-order valence-electron chi connectivity index (χ1n) is 10.5. The summed E-state index contributed by atoms with van der Waals surface area (Å²) < 4.78 is 4.20. The van der Waals surface area contributed by atoms with Crippen molar-refractivity contribution in [3.8, 4) is 11.1 Å². The third kappa shape index (κ3) is 2.71. The van der Waals surface area contributed by atoms with E-state index >= 15 is 0 Å². The molecule has 0 N–H and O–H groups in total. The Morgan fingerprint density at radius 2 is 1.67 bits per heavy atom. The summed E-state index contributed by atoms with van der Waals surface area (Å²) in [4.78, 5) is 1.55. The molecule has 0 bridgehead atoms. The zero-order valence-electron chi connectivity index (χ0n) is 17.2. The molecule has 5 aromatic rings. The third-order valence-corrected chi connectivity index (χ3v) is 8.67. The van der Waals surface area contributed by atoms with E-state index in [2.05, 4.69) is 86.7 Å². The highest BCUT2D eigenvalue weighted by molar-refractivity contribution is 7.26. The lowest BCUT2D eigenvalue weighted by Crippen LogP contribution is -1.87. The molecule has 0 amide bonds. The molecule has 0 saturated carbocycles. The SMILES string of the molecule is C/C=C(\C)c1cccc(-c2ccc3sc4ccc5sc6c(c5c4c3c2)C=CCC6)c1. The highest BCUT2D eigenvalue weighted by atomic mass is 32.1. The van der Waals surface area contributed by atoms with Gasteiger partial charge < -0.3 is 0 Å². The van der Waals surface area contributed by atoms with E-state index < -0.39 is 0 Å². The lowest BCUT2D eigenvalue weighted by atomic mass is 9.96. The summed E-state index contributed by atoms with van der Waals surface area (Å²) in [5.41, 5.74) is 6.66. The summed E-state index contributed by atoms with van der Waals surface area (Å²) >= 11 is 3.90. The largest absolute Gasteiger partial charge is 0.140 e. The summed E-state index contributed by atoms with van der Waals surface area (Å²) in [5, 5.41) is 4.30. The lowest BCUT2D eigenvalue weighted by molar-refractivity contribution is 1.02. The number of thiophene rings is 2. The Kier molecular flexibility index (Phi) is 4.19. The van der Waals surface area contributed by atoms with Crippen molar-refractivity contribution in [2.75, 3.05) is 0 Å². The topological polar surface area (TPSA) is 0 Å². The van der Waals surface area contributed by atoms with E-state index in [0.717, 1.165) is 0 Å². The number of aryl methyl sites for hydroxylation is 1. The second kappa shape index (κ2) is 6.94. The molecule has 3 aromatic carbocycles. The summed E-state index contributed by atoms with van der Waals surface area (Å²) in [6.07, 6.45) is 9.21. The van der Waals surface area contributed by atoms with Crippen molar-refractivity contribution in [2.45, 2.75) is 26.7 Å². The van der Waals surface area contributed by atoms with Crippen LogP contribution in [0.15, 0.2) is 66.7 Å². The van der Waals surface area contributed by atoms with E-state index in [4.69, 9.17) is 0 Å². The van der Waals surface area contributed by atoms with Crippen LogP contribution in [0.25, 0.3) is 53.0 Å². The first kappa shape index (κ1) is 18.1. The molecule has 0 radical (unpaired) electrons. The molecule has 146 valence electrons. The van der Waals surface area contributed by atoms with Gasteiger partial charge in [-0.2, -0.15) is 0 Å². The summed E-state index contributed by atoms with van der Waals surface area (Å²) in [6.45, 7) is 4.28. The summed E-state index contributed by atoms with van der Waals surface area (Å²) in [7, 11) is 0. The second-order valence-corrected chi connectivity index (χ2v) is 10.3. The number of hydrogen-bond donors (Lipinski definition) is 0. The van der Waals surface area contributed by atoms with Crippen LogP contribution in [0.1, 0.15) is 36.3 Å². The maximum absolute atomic E-state index is 2.41. The average molecular weight is 423 g/mol. The number of benzene rings is 3. The summed E-state index contributed by atoms with van der Waals surface area (Å²) in [6, 6.07) is 20.6. The molecule has 0 aliphatic heterocycles. The number of hydrogen-bond acceptors (Lipinski definition) is 2. The fourth-order valence-corrected chi connectivity index (χ4v) is 6.91. The number of fused-ring (bicyclic) bond motifs is 7. The molecule has 1 aliphatic rings. The molecule has 30 heavy (non-hydrogen) atoms. The van der Waals surface area contributed by atoms with Crippen LogP contribution in [0.4, 0.5) is 0 Å². The van der Waals surface area contributed by atoms with Gasteiger partial charge >= 0.3 is 0 Å². The van der Waals surface area contributed by atoms with Gasteiger partial charge in [-0.25, -0.2) is 0 Å². The van der Waals surface area contributed by atoms with Crippen LogP contribution in [0.3, 0.4) is 0 Å². The van der Waals surface area contributed by atoms with Crippen LogP contribution in [-0.2, 0) is 6.42 Å². The van der Waals surface area contributed by atoms with Gasteiger partial charge in [0, 0.05) is 35.1 Å². The molecule has 6 rings (SSSR count). The van der Waals surface area contributed by atoms with Crippen LogP contribution in [0.2, 0.25) is 0 Å². The molecule has 0 fully saturated rings. The van der Waals surface area contributed by atoms with Crippen LogP contribution >= 0.6 is 22.7 Å². The fourth-order valence-electron chi connectivity index (χ4n) is 4.60. The Balaban J connectivity index is 1.64. The van der Waals surface area contributed by atoms with Crippen molar-refractivity contribution >= 4 is 64.6 Å². The smallest absolute Gasteiger partial charge is 0.0362 e. The Morgan fingerprint density at radius 3 is 2.53 bits per heavy atom. The van der Waals surface area contributed by atoms with Crippen LogP contribution in [0.5, 0.6) is 0 Å². The second-order valence-electron chi connectivity index (χ2n) is 8.06. The van der Waals surface area contributed by atoms with Gasteiger partial charge in [0.2, 0.25) is 0 Å². The molecule has 0 unspecified atom stereocenters. The van der Waals surface area contributed by atoms with E-state index in [1.165, 1.54) is 70.9 Å². The monoisotopic (exact) mass is 422 g/mol. The molecule has 0 spiro atoms. The molecule has 0 saturated heterocycles. The maximum atomic E-state index is 2.41. The third-order valence-electron chi connectivity index (χ3n) is 6.31. The molecule has 1 aliphatic carbocycles. The Labute approximate surface area is 184 Å². The van der Waals surface area contributed by atoms with Gasteiger partial charge in [-0.05, 0) is 84.8 Å². The standard InChI is InChI=1S/C28H22S2/c1-3-17(2)18-7-6-8-19(15-18)20-11-12-24-22(16-20)28-26(30-24)14-13-25-27(28)21-9-4-5-10-23(21)29-25/h3-4,6-9,11-16H,5,10H2,1-2H3/b17-3+. The van der Waals surface area contributed by atoms with Gasteiger partial charge in [0.05, 0.1) is 0 Å². The zero-order valence-corrected chi connectivity index (χ0v) is 18.8. The van der Waals surface area contributed by atoms with Gasteiger partial charge in [-0.1, -0.05) is 42.5 Å². The van der Waals surface area contributed by atoms with Crippen molar-refractivity contribution in [2.24, 2.45) is 0 Å². The van der Waals surface area contributed by atoms with Crippen molar-refractivity contribution < 1.29 is 0 Å². The van der Waals surface area contributed by atoms with E-state index in [1.54, 1.807) is 4.88 Å². The highest BCUT2D eigenvalue weighted by Crippen LogP contribution is 2.45. The van der Waals surface area contributed by atoms with E-state index in [-0.39, 0.29) is 0 Å². The Bertz CT molecular complexity index is 1500. The van der Waals surface area contributed by atoms with Gasteiger partial charge in [-0.15, -0.1) is 22.7 Å². The van der Waals surface area contributed by atoms with E-state index in [9.17, 15) is 0 Å². The highest BCUT2D eigenvalue weighted by Gasteiger charge is 2.18. The van der Waals surface area contributed by atoms with Gasteiger partial charge in [0.25, 0.3) is 0 Å². The van der Waals surface area contributed by atoms with Crippen molar-refractivity contribution in [1.29, 1.82) is 0 Å². The fraction of sp³-hybridized carbons (Fsp3) is 0.143.